The summed E-state index contributed by atoms with van der Waals surface area (Å²) in [6, 6.07) is 6.28. The van der Waals surface area contributed by atoms with E-state index in [1.165, 1.54) is 62.7 Å². The number of aryl methyl sites for hydroxylation is 2. The van der Waals surface area contributed by atoms with Gasteiger partial charge in [-0.2, -0.15) is 0 Å². The van der Waals surface area contributed by atoms with Gasteiger partial charge in [-0.15, -0.1) is 0 Å². The SMILES string of the molecule is CCCC1CCC(CCC2=Cc3cc(F)c(-c4ccc(CC)c(F)c4F)cc3CC2)CC1. The summed E-state index contributed by atoms with van der Waals surface area (Å²) in [6.07, 6.45) is 14.8. The second-order valence-corrected chi connectivity index (χ2v) is 9.80. The minimum absolute atomic E-state index is 0.00783. The summed E-state index contributed by atoms with van der Waals surface area (Å²) in [4.78, 5) is 0. The summed E-state index contributed by atoms with van der Waals surface area (Å²) in [6.45, 7) is 4.06. The van der Waals surface area contributed by atoms with Crippen molar-refractivity contribution in [3.05, 3.63) is 64.0 Å². The molecule has 0 bridgehead atoms. The van der Waals surface area contributed by atoms with E-state index >= 15 is 0 Å². The van der Waals surface area contributed by atoms with Crippen LogP contribution in [0.2, 0.25) is 0 Å². The van der Waals surface area contributed by atoms with Crippen molar-refractivity contribution in [1.29, 1.82) is 0 Å². The first-order chi connectivity index (χ1) is 15.5. The topological polar surface area (TPSA) is 0 Å². The highest BCUT2D eigenvalue weighted by atomic mass is 19.2. The van der Waals surface area contributed by atoms with Crippen molar-refractivity contribution >= 4 is 6.08 Å². The third-order valence-corrected chi connectivity index (χ3v) is 7.67. The Kier molecular flexibility index (Phi) is 7.43. The van der Waals surface area contributed by atoms with Gasteiger partial charge in [-0.05, 0) is 72.8 Å². The van der Waals surface area contributed by atoms with Gasteiger partial charge in [0.25, 0.3) is 0 Å². The molecular weight excluding hydrogens is 405 g/mol. The molecule has 0 aromatic heterocycles. The molecule has 2 aliphatic carbocycles. The first kappa shape index (κ1) is 23.1. The average molecular weight is 441 g/mol. The molecule has 0 saturated heterocycles. The van der Waals surface area contributed by atoms with E-state index in [9.17, 15) is 13.2 Å². The molecule has 2 aromatic rings. The molecule has 4 rings (SSSR count). The molecule has 0 nitrogen and oxygen atoms in total. The van der Waals surface area contributed by atoms with Crippen molar-refractivity contribution < 1.29 is 13.2 Å². The highest BCUT2D eigenvalue weighted by Crippen LogP contribution is 2.37. The Bertz CT molecular complexity index is 980. The number of hydrogen-bond acceptors (Lipinski definition) is 0. The highest BCUT2D eigenvalue weighted by molar-refractivity contribution is 5.71. The molecule has 0 heterocycles. The van der Waals surface area contributed by atoms with E-state index in [1.54, 1.807) is 19.1 Å². The van der Waals surface area contributed by atoms with Crippen LogP contribution in [0, 0.1) is 29.3 Å². The lowest BCUT2D eigenvalue weighted by atomic mass is 9.77. The number of benzene rings is 2. The van der Waals surface area contributed by atoms with Gasteiger partial charge in [-0.3, -0.25) is 0 Å². The monoisotopic (exact) mass is 440 g/mol. The fourth-order valence-electron chi connectivity index (χ4n) is 5.65. The number of allylic oxidation sites excluding steroid dienone is 1. The zero-order chi connectivity index (χ0) is 22.7. The zero-order valence-electron chi connectivity index (χ0n) is 19.5. The molecule has 0 spiro atoms. The van der Waals surface area contributed by atoms with E-state index in [2.05, 4.69) is 13.0 Å². The average Bonchev–Trinajstić information content (AvgIpc) is 2.80. The van der Waals surface area contributed by atoms with E-state index in [0.29, 0.717) is 12.0 Å². The van der Waals surface area contributed by atoms with Crippen molar-refractivity contribution in [2.24, 2.45) is 11.8 Å². The predicted molar refractivity (Wildman–Crippen MR) is 127 cm³/mol. The normalized spacial score (nSPS) is 20.7. The molecule has 1 saturated carbocycles. The summed E-state index contributed by atoms with van der Waals surface area (Å²) < 4.78 is 43.8. The Hall–Kier alpha value is -2.03. The van der Waals surface area contributed by atoms with E-state index in [-0.39, 0.29) is 11.1 Å². The standard InChI is InChI=1S/C29H35F3/c1-3-5-19-6-8-20(9-7-19)10-11-21-12-13-23-17-26(27(30)18-24(23)16-21)25-15-14-22(4-2)28(31)29(25)32/h14-20H,3-13H2,1-2H3. The van der Waals surface area contributed by atoms with Crippen LogP contribution in [0.4, 0.5) is 13.2 Å². The molecule has 0 N–H and O–H groups in total. The van der Waals surface area contributed by atoms with Crippen LogP contribution in [-0.2, 0) is 12.8 Å². The zero-order valence-corrected chi connectivity index (χ0v) is 19.5. The third kappa shape index (κ3) is 4.97. The predicted octanol–water partition coefficient (Wildman–Crippen LogP) is 9.05. The van der Waals surface area contributed by atoms with Gasteiger partial charge in [0.15, 0.2) is 11.6 Å². The summed E-state index contributed by atoms with van der Waals surface area (Å²) in [5, 5.41) is 0. The molecule has 0 radical (unpaired) electrons. The second kappa shape index (κ2) is 10.3. The fraction of sp³-hybridized carbons (Fsp3) is 0.517. The van der Waals surface area contributed by atoms with Crippen LogP contribution in [0.15, 0.2) is 29.8 Å². The Balaban J connectivity index is 1.46. The lowest BCUT2D eigenvalue weighted by Crippen LogP contribution is -2.14. The van der Waals surface area contributed by atoms with Crippen molar-refractivity contribution in [3.8, 4) is 11.1 Å². The quantitative estimate of drug-likeness (QED) is 0.403. The molecule has 2 aromatic carbocycles. The molecule has 0 unspecified atom stereocenters. The van der Waals surface area contributed by atoms with Crippen LogP contribution >= 0.6 is 0 Å². The van der Waals surface area contributed by atoms with Gasteiger partial charge in [0, 0.05) is 11.1 Å². The summed E-state index contributed by atoms with van der Waals surface area (Å²) >= 11 is 0. The highest BCUT2D eigenvalue weighted by Gasteiger charge is 2.22. The minimum atomic E-state index is -0.955. The molecule has 0 amide bonds. The molecule has 3 heteroatoms. The Morgan fingerprint density at radius 2 is 1.53 bits per heavy atom. The van der Waals surface area contributed by atoms with Gasteiger partial charge in [-0.1, -0.05) is 76.2 Å². The van der Waals surface area contributed by atoms with Crippen LogP contribution in [0.5, 0.6) is 0 Å². The van der Waals surface area contributed by atoms with Crippen molar-refractivity contribution in [2.45, 2.75) is 84.5 Å². The van der Waals surface area contributed by atoms with Crippen LogP contribution in [-0.4, -0.2) is 0 Å². The first-order valence-electron chi connectivity index (χ1n) is 12.5. The van der Waals surface area contributed by atoms with Crippen LogP contribution < -0.4 is 0 Å². The van der Waals surface area contributed by atoms with Crippen LogP contribution in [0.1, 0.15) is 88.3 Å². The van der Waals surface area contributed by atoms with Gasteiger partial charge in [0.1, 0.15) is 5.82 Å². The molecular formula is C29H35F3. The molecule has 1 fully saturated rings. The van der Waals surface area contributed by atoms with E-state index in [4.69, 9.17) is 0 Å². The summed E-state index contributed by atoms with van der Waals surface area (Å²) in [5.74, 6) is -0.547. The number of hydrogen-bond donors (Lipinski definition) is 0. The number of rotatable bonds is 7. The Labute approximate surface area is 190 Å². The molecule has 172 valence electrons. The molecule has 0 atom stereocenters. The first-order valence-corrected chi connectivity index (χ1v) is 12.5. The van der Waals surface area contributed by atoms with Crippen molar-refractivity contribution in [3.63, 3.8) is 0 Å². The smallest absolute Gasteiger partial charge is 0.167 e. The lowest BCUT2D eigenvalue weighted by molar-refractivity contribution is 0.252. The van der Waals surface area contributed by atoms with E-state index < -0.39 is 17.5 Å². The Morgan fingerprint density at radius 1 is 0.812 bits per heavy atom. The second-order valence-electron chi connectivity index (χ2n) is 9.80. The largest absolute Gasteiger partial charge is 0.206 e. The third-order valence-electron chi connectivity index (χ3n) is 7.67. The molecule has 32 heavy (non-hydrogen) atoms. The molecule has 0 aliphatic heterocycles. The van der Waals surface area contributed by atoms with Gasteiger partial charge >= 0.3 is 0 Å². The maximum Gasteiger partial charge on any atom is 0.167 e. The van der Waals surface area contributed by atoms with Crippen molar-refractivity contribution in [2.75, 3.05) is 0 Å². The fourth-order valence-corrected chi connectivity index (χ4v) is 5.65. The Morgan fingerprint density at radius 3 is 2.22 bits per heavy atom. The van der Waals surface area contributed by atoms with E-state index in [0.717, 1.165) is 42.2 Å². The minimum Gasteiger partial charge on any atom is -0.206 e. The summed E-state index contributed by atoms with van der Waals surface area (Å²) in [7, 11) is 0. The van der Waals surface area contributed by atoms with Crippen LogP contribution in [0.25, 0.3) is 17.2 Å². The lowest BCUT2D eigenvalue weighted by Gasteiger charge is -2.29. The van der Waals surface area contributed by atoms with Crippen LogP contribution in [0.3, 0.4) is 0 Å². The number of halogens is 3. The maximum atomic E-state index is 14.9. The number of fused-ring (bicyclic) bond motifs is 1. The summed E-state index contributed by atoms with van der Waals surface area (Å²) in [5.41, 5.74) is 3.78. The van der Waals surface area contributed by atoms with Gasteiger partial charge in [0.2, 0.25) is 0 Å². The van der Waals surface area contributed by atoms with Gasteiger partial charge in [0.05, 0.1) is 0 Å². The van der Waals surface area contributed by atoms with E-state index in [1.807, 2.05) is 0 Å². The van der Waals surface area contributed by atoms with Gasteiger partial charge in [-0.25, -0.2) is 13.2 Å². The van der Waals surface area contributed by atoms with Crippen molar-refractivity contribution in [1.82, 2.24) is 0 Å². The maximum absolute atomic E-state index is 14.9. The van der Waals surface area contributed by atoms with Gasteiger partial charge < -0.3 is 0 Å². The molecule has 2 aliphatic rings.